The summed E-state index contributed by atoms with van der Waals surface area (Å²) < 4.78 is 43.3. The molecule has 0 radical (unpaired) electrons. The number of nitrogens with zero attached hydrogens (tertiary/aromatic N) is 2. The lowest BCUT2D eigenvalue weighted by molar-refractivity contribution is 0.120. The Kier molecular flexibility index (Phi) is 5.29. The number of morpholine rings is 1. The van der Waals surface area contributed by atoms with E-state index >= 15 is 0 Å². The van der Waals surface area contributed by atoms with E-state index in [-0.39, 0.29) is 21.7 Å². The Hall–Kier alpha value is -2.84. The van der Waals surface area contributed by atoms with Gasteiger partial charge in [0.15, 0.2) is 0 Å². The Morgan fingerprint density at radius 3 is 2.28 bits per heavy atom. The van der Waals surface area contributed by atoms with Crippen molar-refractivity contribution in [1.29, 1.82) is 0 Å². The van der Waals surface area contributed by atoms with Gasteiger partial charge in [0.05, 0.1) is 25.2 Å². The topological polar surface area (TPSA) is 81.9 Å². The van der Waals surface area contributed by atoms with Crippen LogP contribution in [0, 0.1) is 6.92 Å². The first-order chi connectivity index (χ1) is 14.0. The van der Waals surface area contributed by atoms with Crippen molar-refractivity contribution in [2.24, 2.45) is 0 Å². The highest BCUT2D eigenvalue weighted by atomic mass is 32.2. The Morgan fingerprint density at radius 1 is 1.00 bits per heavy atom. The van der Waals surface area contributed by atoms with Crippen LogP contribution < -0.4 is 9.64 Å². The van der Waals surface area contributed by atoms with Gasteiger partial charge >= 0.3 is 0 Å². The van der Waals surface area contributed by atoms with Gasteiger partial charge in [-0.1, -0.05) is 17.7 Å². The van der Waals surface area contributed by atoms with Crippen LogP contribution in [0.3, 0.4) is 0 Å². The van der Waals surface area contributed by atoms with Gasteiger partial charge < -0.3 is 18.8 Å². The Morgan fingerprint density at radius 2 is 1.66 bits per heavy atom. The van der Waals surface area contributed by atoms with Crippen LogP contribution in [-0.4, -0.2) is 46.8 Å². The van der Waals surface area contributed by atoms with E-state index in [1.165, 1.54) is 19.2 Å². The zero-order valence-corrected chi connectivity index (χ0v) is 17.1. The lowest BCUT2D eigenvalue weighted by atomic mass is 10.1. The number of oxazole rings is 1. The van der Waals surface area contributed by atoms with Gasteiger partial charge in [-0.15, -0.1) is 0 Å². The summed E-state index contributed by atoms with van der Waals surface area (Å²) in [5, 5.41) is -0.0832. The summed E-state index contributed by atoms with van der Waals surface area (Å²) >= 11 is 0. The Balaban J connectivity index is 1.82. The molecule has 0 N–H and O–H groups in total. The molecule has 4 rings (SSSR count). The summed E-state index contributed by atoms with van der Waals surface area (Å²) in [4.78, 5) is 6.41. The maximum atomic E-state index is 13.4. The molecule has 0 atom stereocenters. The van der Waals surface area contributed by atoms with Crippen LogP contribution in [0.1, 0.15) is 5.56 Å². The number of aryl methyl sites for hydroxylation is 1. The second kappa shape index (κ2) is 7.88. The quantitative estimate of drug-likeness (QED) is 0.633. The predicted molar refractivity (Wildman–Crippen MR) is 108 cm³/mol. The average Bonchev–Trinajstić information content (AvgIpc) is 3.21. The third kappa shape index (κ3) is 3.86. The van der Waals surface area contributed by atoms with Crippen LogP contribution in [0.4, 0.5) is 5.88 Å². The molecule has 0 saturated carbocycles. The maximum Gasteiger partial charge on any atom is 0.236 e. The van der Waals surface area contributed by atoms with Gasteiger partial charge in [-0.2, -0.15) is 4.98 Å². The summed E-state index contributed by atoms with van der Waals surface area (Å²) in [6.07, 6.45) is 0. The van der Waals surface area contributed by atoms with E-state index in [4.69, 9.17) is 13.9 Å². The number of hydrogen-bond acceptors (Lipinski definition) is 7. The molecule has 1 aliphatic rings. The fraction of sp³-hybridized carbons (Fsp3) is 0.286. The molecule has 29 heavy (non-hydrogen) atoms. The molecule has 2 aromatic carbocycles. The molecule has 1 aromatic heterocycles. The van der Waals surface area contributed by atoms with Crippen LogP contribution in [-0.2, 0) is 14.6 Å². The van der Waals surface area contributed by atoms with Crippen molar-refractivity contribution in [2.45, 2.75) is 16.8 Å². The first kappa shape index (κ1) is 19.5. The van der Waals surface area contributed by atoms with E-state index < -0.39 is 9.84 Å². The van der Waals surface area contributed by atoms with E-state index in [1.54, 1.807) is 12.1 Å². The molecule has 0 spiro atoms. The molecule has 8 heteroatoms. The summed E-state index contributed by atoms with van der Waals surface area (Å²) in [7, 11) is -2.35. The van der Waals surface area contributed by atoms with E-state index in [2.05, 4.69) is 4.98 Å². The van der Waals surface area contributed by atoms with Crippen molar-refractivity contribution in [3.8, 4) is 17.2 Å². The maximum absolute atomic E-state index is 13.4. The van der Waals surface area contributed by atoms with Gasteiger partial charge in [0, 0.05) is 18.7 Å². The number of ether oxygens (including phenoxy) is 2. The molecular weight excluding hydrogens is 392 g/mol. The van der Waals surface area contributed by atoms with Crippen LogP contribution >= 0.6 is 0 Å². The molecule has 0 bridgehead atoms. The fourth-order valence-corrected chi connectivity index (χ4v) is 4.45. The number of methoxy groups -OCH3 is 1. The lowest BCUT2D eigenvalue weighted by Gasteiger charge is -2.26. The SMILES string of the molecule is COc1ccc(S(=O)(=O)c2nc(-c3ccc(C)cc3)oc2N2CCOCC2)cc1. The molecule has 7 nitrogen and oxygen atoms in total. The van der Waals surface area contributed by atoms with Crippen molar-refractivity contribution >= 4 is 15.7 Å². The van der Waals surface area contributed by atoms with Gasteiger partial charge in [-0.05, 0) is 43.3 Å². The van der Waals surface area contributed by atoms with Crippen molar-refractivity contribution in [3.05, 3.63) is 54.1 Å². The van der Waals surface area contributed by atoms with Crippen LogP contribution in [0.15, 0.2) is 62.9 Å². The molecule has 0 unspecified atom stereocenters. The zero-order valence-electron chi connectivity index (χ0n) is 16.3. The van der Waals surface area contributed by atoms with Crippen LogP contribution in [0.25, 0.3) is 11.5 Å². The molecule has 1 saturated heterocycles. The Labute approximate surface area is 169 Å². The highest BCUT2D eigenvalue weighted by Crippen LogP contribution is 2.35. The van der Waals surface area contributed by atoms with Gasteiger partial charge in [-0.25, -0.2) is 8.42 Å². The van der Waals surface area contributed by atoms with Crippen molar-refractivity contribution in [3.63, 3.8) is 0 Å². The number of hydrogen-bond donors (Lipinski definition) is 0. The lowest BCUT2D eigenvalue weighted by Crippen LogP contribution is -2.36. The predicted octanol–water partition coefficient (Wildman–Crippen LogP) is 3.33. The molecular formula is C21H22N2O5S. The highest BCUT2D eigenvalue weighted by molar-refractivity contribution is 7.91. The molecule has 1 aliphatic heterocycles. The highest BCUT2D eigenvalue weighted by Gasteiger charge is 2.32. The van der Waals surface area contributed by atoms with Crippen molar-refractivity contribution < 1.29 is 22.3 Å². The minimum atomic E-state index is -3.88. The number of rotatable bonds is 5. The van der Waals surface area contributed by atoms with E-state index in [0.717, 1.165) is 11.1 Å². The molecule has 2 heterocycles. The second-order valence-corrected chi connectivity index (χ2v) is 8.64. The summed E-state index contributed by atoms with van der Waals surface area (Å²) in [5.41, 5.74) is 1.82. The van der Waals surface area contributed by atoms with E-state index in [1.807, 2.05) is 36.1 Å². The number of sulfone groups is 1. The first-order valence-corrected chi connectivity index (χ1v) is 10.8. The van der Waals surface area contributed by atoms with E-state index in [9.17, 15) is 8.42 Å². The molecule has 0 amide bonds. The van der Waals surface area contributed by atoms with Gasteiger partial charge in [0.25, 0.3) is 0 Å². The van der Waals surface area contributed by atoms with Crippen molar-refractivity contribution in [2.75, 3.05) is 38.3 Å². The van der Waals surface area contributed by atoms with Crippen LogP contribution in [0.5, 0.6) is 5.75 Å². The normalized spacial score (nSPS) is 14.8. The standard InChI is InChI=1S/C21H22N2O5S/c1-15-3-5-16(6-4-15)19-22-20(21(28-19)23-11-13-27-14-12-23)29(24,25)18-9-7-17(26-2)8-10-18/h3-10H,11-14H2,1-2H3. The number of anilines is 1. The Bertz CT molecular complexity index is 1080. The second-order valence-electron chi connectivity index (χ2n) is 6.77. The smallest absolute Gasteiger partial charge is 0.236 e. The van der Waals surface area contributed by atoms with Gasteiger partial charge in [0.1, 0.15) is 5.75 Å². The monoisotopic (exact) mass is 414 g/mol. The van der Waals surface area contributed by atoms with Gasteiger partial charge in [-0.3, -0.25) is 0 Å². The molecule has 152 valence electrons. The van der Waals surface area contributed by atoms with Gasteiger partial charge in [0.2, 0.25) is 26.6 Å². The molecule has 3 aromatic rings. The average molecular weight is 414 g/mol. The minimum absolute atomic E-state index is 0.0832. The van der Waals surface area contributed by atoms with Crippen molar-refractivity contribution in [1.82, 2.24) is 4.98 Å². The molecule has 1 fully saturated rings. The summed E-state index contributed by atoms with van der Waals surface area (Å²) in [5.74, 6) is 1.11. The third-order valence-corrected chi connectivity index (χ3v) is 6.47. The zero-order chi connectivity index (χ0) is 20.4. The summed E-state index contributed by atoms with van der Waals surface area (Å²) in [6, 6.07) is 13.9. The van der Waals surface area contributed by atoms with Crippen LogP contribution in [0.2, 0.25) is 0 Å². The largest absolute Gasteiger partial charge is 0.497 e. The summed E-state index contributed by atoms with van der Waals surface area (Å²) in [6.45, 7) is 4.06. The minimum Gasteiger partial charge on any atom is -0.497 e. The van der Waals surface area contributed by atoms with E-state index in [0.29, 0.717) is 32.1 Å². The fourth-order valence-electron chi connectivity index (χ4n) is 3.13. The number of benzene rings is 2. The third-order valence-electron chi connectivity index (χ3n) is 4.80. The number of aromatic nitrogens is 1. The first-order valence-electron chi connectivity index (χ1n) is 9.29. The molecule has 0 aliphatic carbocycles.